The summed E-state index contributed by atoms with van der Waals surface area (Å²) in [6.45, 7) is 8.23. The fourth-order valence-corrected chi connectivity index (χ4v) is 0.841. The second-order valence-corrected chi connectivity index (χ2v) is 3.61. The first-order valence-electron chi connectivity index (χ1n) is 4.24. The molecular formula is C9H16N2O. The fourth-order valence-electron chi connectivity index (χ4n) is 0.841. The molecule has 0 bridgehead atoms. The van der Waals surface area contributed by atoms with Gasteiger partial charge in [-0.05, 0) is 20.3 Å². The molecule has 0 radical (unpaired) electrons. The van der Waals surface area contributed by atoms with Gasteiger partial charge < -0.3 is 9.73 Å². The maximum atomic E-state index is 5.30. The number of anilines is 1. The highest BCUT2D eigenvalue weighted by molar-refractivity contribution is 5.30. The largest absolute Gasteiger partial charge is 0.426 e. The van der Waals surface area contributed by atoms with Gasteiger partial charge in [-0.25, -0.2) is 4.98 Å². The van der Waals surface area contributed by atoms with Crippen LogP contribution in [0.1, 0.15) is 33.1 Å². The molecule has 0 aromatic carbocycles. The van der Waals surface area contributed by atoms with Crippen LogP contribution < -0.4 is 5.32 Å². The average Bonchev–Trinajstić information content (AvgIpc) is 2.35. The zero-order valence-electron chi connectivity index (χ0n) is 8.14. The van der Waals surface area contributed by atoms with Crippen LogP contribution in [0.4, 0.5) is 5.88 Å². The predicted octanol–water partition coefficient (Wildman–Crippen LogP) is 2.58. The topological polar surface area (TPSA) is 38.1 Å². The quantitative estimate of drug-likeness (QED) is 0.753. The maximum absolute atomic E-state index is 5.30. The number of hydrogen-bond acceptors (Lipinski definition) is 3. The smallest absolute Gasteiger partial charge is 0.214 e. The zero-order valence-corrected chi connectivity index (χ0v) is 8.14. The molecule has 0 amide bonds. The van der Waals surface area contributed by atoms with E-state index in [4.69, 9.17) is 4.42 Å². The third kappa shape index (κ3) is 2.26. The minimum absolute atomic E-state index is 0.0754. The summed E-state index contributed by atoms with van der Waals surface area (Å²) < 4.78 is 5.30. The number of nitrogens with zero attached hydrogens (tertiary/aromatic N) is 1. The Labute approximate surface area is 73.2 Å². The number of oxazole rings is 1. The van der Waals surface area contributed by atoms with E-state index in [0.717, 1.165) is 12.3 Å². The molecule has 0 aliphatic carbocycles. The van der Waals surface area contributed by atoms with Gasteiger partial charge in [0, 0.05) is 12.5 Å². The standard InChI is InChI=1S/C9H16N2O/c1-5-9(3,4)11-8-6-10-7(2)12-8/h6,11H,5H2,1-4H3. The van der Waals surface area contributed by atoms with Gasteiger partial charge >= 0.3 is 0 Å². The first-order chi connectivity index (χ1) is 5.53. The van der Waals surface area contributed by atoms with E-state index >= 15 is 0 Å². The van der Waals surface area contributed by atoms with Crippen molar-refractivity contribution in [2.75, 3.05) is 5.32 Å². The van der Waals surface area contributed by atoms with Crippen LogP contribution in [0.2, 0.25) is 0 Å². The van der Waals surface area contributed by atoms with Crippen LogP contribution in [0.25, 0.3) is 0 Å². The minimum Gasteiger partial charge on any atom is -0.426 e. The van der Waals surface area contributed by atoms with Crippen molar-refractivity contribution in [1.82, 2.24) is 4.98 Å². The van der Waals surface area contributed by atoms with Crippen molar-refractivity contribution in [1.29, 1.82) is 0 Å². The van der Waals surface area contributed by atoms with E-state index in [0.29, 0.717) is 5.89 Å². The highest BCUT2D eigenvalue weighted by Gasteiger charge is 2.15. The SMILES string of the molecule is CCC(C)(C)Nc1cnc(C)o1. The Balaban J connectivity index is 2.63. The van der Waals surface area contributed by atoms with Crippen molar-refractivity contribution in [2.45, 2.75) is 39.7 Å². The third-order valence-corrected chi connectivity index (χ3v) is 1.97. The summed E-state index contributed by atoms with van der Waals surface area (Å²) in [4.78, 5) is 4.01. The molecule has 68 valence electrons. The molecular weight excluding hydrogens is 152 g/mol. The summed E-state index contributed by atoms with van der Waals surface area (Å²) in [6.07, 6.45) is 2.76. The van der Waals surface area contributed by atoms with Crippen molar-refractivity contribution in [3.05, 3.63) is 12.1 Å². The lowest BCUT2D eigenvalue weighted by Crippen LogP contribution is -2.29. The molecule has 0 saturated heterocycles. The lowest BCUT2D eigenvalue weighted by Gasteiger charge is -2.23. The predicted molar refractivity (Wildman–Crippen MR) is 49.2 cm³/mol. The van der Waals surface area contributed by atoms with Crippen molar-refractivity contribution in [3.8, 4) is 0 Å². The van der Waals surface area contributed by atoms with Crippen LogP contribution in [0, 0.1) is 6.92 Å². The molecule has 1 aromatic heterocycles. The number of rotatable bonds is 3. The third-order valence-electron chi connectivity index (χ3n) is 1.97. The lowest BCUT2D eigenvalue weighted by atomic mass is 10.0. The zero-order chi connectivity index (χ0) is 9.19. The van der Waals surface area contributed by atoms with Crippen LogP contribution in [-0.2, 0) is 0 Å². The summed E-state index contributed by atoms with van der Waals surface area (Å²) >= 11 is 0. The summed E-state index contributed by atoms with van der Waals surface area (Å²) in [5.41, 5.74) is 0.0754. The highest BCUT2D eigenvalue weighted by Crippen LogP contribution is 2.17. The van der Waals surface area contributed by atoms with E-state index in [-0.39, 0.29) is 5.54 Å². The molecule has 3 heteroatoms. The normalized spacial score (nSPS) is 11.7. The first-order valence-corrected chi connectivity index (χ1v) is 4.24. The van der Waals surface area contributed by atoms with E-state index in [1.54, 1.807) is 6.20 Å². The molecule has 1 heterocycles. The van der Waals surface area contributed by atoms with Gasteiger partial charge in [-0.1, -0.05) is 6.92 Å². The molecule has 1 N–H and O–H groups in total. The van der Waals surface area contributed by atoms with Crippen LogP contribution >= 0.6 is 0 Å². The molecule has 0 spiro atoms. The molecule has 0 aliphatic heterocycles. The maximum Gasteiger partial charge on any atom is 0.214 e. The Hall–Kier alpha value is -0.990. The van der Waals surface area contributed by atoms with Crippen LogP contribution in [0.3, 0.4) is 0 Å². The Morgan fingerprint density at radius 2 is 2.25 bits per heavy atom. The van der Waals surface area contributed by atoms with E-state index in [9.17, 15) is 0 Å². The van der Waals surface area contributed by atoms with E-state index in [1.165, 1.54) is 0 Å². The molecule has 3 nitrogen and oxygen atoms in total. The number of nitrogens with one attached hydrogen (secondary N) is 1. The van der Waals surface area contributed by atoms with Gasteiger partial charge in [-0.2, -0.15) is 0 Å². The van der Waals surface area contributed by atoms with Gasteiger partial charge in [0.1, 0.15) is 0 Å². The monoisotopic (exact) mass is 168 g/mol. The number of aryl methyl sites for hydroxylation is 1. The van der Waals surface area contributed by atoms with Crippen molar-refractivity contribution in [3.63, 3.8) is 0 Å². The van der Waals surface area contributed by atoms with Gasteiger partial charge in [0.15, 0.2) is 5.89 Å². The first kappa shape index (κ1) is 9.10. The molecule has 0 aliphatic rings. The Kier molecular flexibility index (Phi) is 2.40. The molecule has 0 fully saturated rings. The molecule has 1 aromatic rings. The Bertz CT molecular complexity index is 253. The molecule has 0 saturated carbocycles. The van der Waals surface area contributed by atoms with Gasteiger partial charge in [-0.3, -0.25) is 0 Å². The van der Waals surface area contributed by atoms with E-state index < -0.39 is 0 Å². The molecule has 0 atom stereocenters. The highest BCUT2D eigenvalue weighted by atomic mass is 16.4. The second kappa shape index (κ2) is 3.17. The Morgan fingerprint density at radius 3 is 2.67 bits per heavy atom. The molecule has 12 heavy (non-hydrogen) atoms. The van der Waals surface area contributed by atoms with Crippen LogP contribution in [-0.4, -0.2) is 10.5 Å². The summed E-state index contributed by atoms with van der Waals surface area (Å²) in [7, 11) is 0. The van der Waals surface area contributed by atoms with Crippen molar-refractivity contribution in [2.24, 2.45) is 0 Å². The van der Waals surface area contributed by atoms with Gasteiger partial charge in [0.2, 0.25) is 5.88 Å². The molecule has 0 unspecified atom stereocenters. The molecule has 1 rings (SSSR count). The van der Waals surface area contributed by atoms with E-state index in [1.807, 2.05) is 6.92 Å². The van der Waals surface area contributed by atoms with Crippen LogP contribution in [0.5, 0.6) is 0 Å². The fraction of sp³-hybridized carbons (Fsp3) is 0.667. The van der Waals surface area contributed by atoms with E-state index in [2.05, 4.69) is 31.1 Å². The Morgan fingerprint density at radius 1 is 1.58 bits per heavy atom. The van der Waals surface area contributed by atoms with Crippen molar-refractivity contribution < 1.29 is 4.42 Å². The summed E-state index contributed by atoms with van der Waals surface area (Å²) in [6, 6.07) is 0. The van der Waals surface area contributed by atoms with Gasteiger partial charge in [0.25, 0.3) is 0 Å². The number of aromatic nitrogens is 1. The van der Waals surface area contributed by atoms with Gasteiger partial charge in [-0.15, -0.1) is 0 Å². The van der Waals surface area contributed by atoms with Crippen molar-refractivity contribution >= 4 is 5.88 Å². The van der Waals surface area contributed by atoms with Crippen LogP contribution in [0.15, 0.2) is 10.6 Å². The second-order valence-electron chi connectivity index (χ2n) is 3.61. The minimum atomic E-state index is 0.0754. The van der Waals surface area contributed by atoms with Gasteiger partial charge in [0.05, 0.1) is 6.20 Å². The average molecular weight is 168 g/mol. The summed E-state index contributed by atoms with van der Waals surface area (Å²) in [5, 5.41) is 3.26. The lowest BCUT2D eigenvalue weighted by molar-refractivity contribution is 0.485. The number of hydrogen-bond donors (Lipinski definition) is 1. The summed E-state index contributed by atoms with van der Waals surface area (Å²) in [5.74, 6) is 1.45.